The molecule has 0 fully saturated rings. The van der Waals surface area contributed by atoms with Gasteiger partial charge < -0.3 is 15.6 Å². The highest BCUT2D eigenvalue weighted by Crippen LogP contribution is 2.14. The molecule has 0 radical (unpaired) electrons. The molecule has 0 aliphatic carbocycles. The Hall–Kier alpha value is -2.14. The van der Waals surface area contributed by atoms with E-state index in [-0.39, 0.29) is 11.9 Å². The van der Waals surface area contributed by atoms with Crippen molar-refractivity contribution in [3.8, 4) is 0 Å². The SMILES string of the molecule is Cc1noc(C)c1CC(C)NC(=O)c1ccc(CN)cc1. The van der Waals surface area contributed by atoms with Crippen LogP contribution in [0.25, 0.3) is 0 Å². The van der Waals surface area contributed by atoms with Crippen molar-refractivity contribution in [3.63, 3.8) is 0 Å². The third-order valence-corrected chi connectivity index (χ3v) is 3.52. The number of rotatable bonds is 5. The molecule has 0 saturated heterocycles. The number of carbonyl (C=O) groups is 1. The van der Waals surface area contributed by atoms with Crippen LogP contribution in [0.3, 0.4) is 0 Å². The molecular formula is C16H21N3O2. The third-order valence-electron chi connectivity index (χ3n) is 3.52. The first-order valence-electron chi connectivity index (χ1n) is 7.03. The standard InChI is InChI=1S/C16H21N3O2/c1-10(8-15-11(2)19-21-12(15)3)18-16(20)14-6-4-13(9-17)5-7-14/h4-7,10H,8-9,17H2,1-3H3,(H,18,20). The molecule has 1 atom stereocenters. The maximum atomic E-state index is 12.2. The summed E-state index contributed by atoms with van der Waals surface area (Å²) in [7, 11) is 0. The largest absolute Gasteiger partial charge is 0.361 e. The maximum Gasteiger partial charge on any atom is 0.251 e. The summed E-state index contributed by atoms with van der Waals surface area (Å²) in [4.78, 5) is 12.2. The van der Waals surface area contributed by atoms with Crippen molar-refractivity contribution in [1.29, 1.82) is 0 Å². The molecule has 1 heterocycles. The fourth-order valence-corrected chi connectivity index (χ4v) is 2.25. The van der Waals surface area contributed by atoms with Gasteiger partial charge >= 0.3 is 0 Å². The molecule has 0 bridgehead atoms. The number of hydrogen-bond donors (Lipinski definition) is 2. The molecule has 2 rings (SSSR count). The van der Waals surface area contributed by atoms with Gasteiger partial charge in [-0.15, -0.1) is 0 Å². The van der Waals surface area contributed by atoms with E-state index in [0.717, 1.165) is 22.6 Å². The van der Waals surface area contributed by atoms with Crippen LogP contribution >= 0.6 is 0 Å². The molecule has 112 valence electrons. The van der Waals surface area contributed by atoms with Crippen molar-refractivity contribution in [3.05, 3.63) is 52.4 Å². The summed E-state index contributed by atoms with van der Waals surface area (Å²) in [5.74, 6) is 0.721. The van der Waals surface area contributed by atoms with E-state index in [4.69, 9.17) is 10.3 Å². The molecule has 5 heteroatoms. The van der Waals surface area contributed by atoms with Crippen LogP contribution in [0.5, 0.6) is 0 Å². The average Bonchev–Trinajstić information content (AvgIpc) is 2.79. The second-order valence-corrected chi connectivity index (χ2v) is 5.28. The second-order valence-electron chi connectivity index (χ2n) is 5.28. The van der Waals surface area contributed by atoms with E-state index >= 15 is 0 Å². The van der Waals surface area contributed by atoms with Crippen LogP contribution < -0.4 is 11.1 Å². The molecule has 1 aromatic carbocycles. The number of nitrogens with one attached hydrogen (secondary N) is 1. The summed E-state index contributed by atoms with van der Waals surface area (Å²) in [6, 6.07) is 7.32. The summed E-state index contributed by atoms with van der Waals surface area (Å²) in [5, 5.41) is 6.91. The first-order valence-corrected chi connectivity index (χ1v) is 7.03. The van der Waals surface area contributed by atoms with Gasteiger partial charge in [0.1, 0.15) is 5.76 Å². The Bertz CT molecular complexity index is 597. The van der Waals surface area contributed by atoms with Gasteiger partial charge in [0.2, 0.25) is 0 Å². The minimum Gasteiger partial charge on any atom is -0.361 e. The van der Waals surface area contributed by atoms with Crippen LogP contribution in [0.2, 0.25) is 0 Å². The van der Waals surface area contributed by atoms with E-state index in [2.05, 4.69) is 10.5 Å². The predicted molar refractivity (Wildman–Crippen MR) is 80.9 cm³/mol. The van der Waals surface area contributed by atoms with Crippen molar-refractivity contribution >= 4 is 5.91 Å². The first-order chi connectivity index (χ1) is 10.0. The van der Waals surface area contributed by atoms with Crippen LogP contribution in [-0.2, 0) is 13.0 Å². The molecule has 1 amide bonds. The predicted octanol–water partition coefficient (Wildman–Crippen LogP) is 2.11. The molecule has 0 aliphatic heterocycles. The molecule has 0 aliphatic rings. The number of amides is 1. The summed E-state index contributed by atoms with van der Waals surface area (Å²) in [5.41, 5.74) is 9.12. The van der Waals surface area contributed by atoms with Gasteiger partial charge in [0.25, 0.3) is 5.91 Å². The maximum absolute atomic E-state index is 12.2. The average molecular weight is 287 g/mol. The number of aromatic nitrogens is 1. The van der Waals surface area contributed by atoms with Crippen LogP contribution in [0, 0.1) is 13.8 Å². The van der Waals surface area contributed by atoms with E-state index in [1.807, 2.05) is 32.9 Å². The fourth-order valence-electron chi connectivity index (χ4n) is 2.25. The minimum absolute atomic E-state index is 0.00323. The van der Waals surface area contributed by atoms with Crippen molar-refractivity contribution < 1.29 is 9.32 Å². The number of hydrogen-bond acceptors (Lipinski definition) is 4. The molecule has 3 N–H and O–H groups in total. The third kappa shape index (κ3) is 3.70. The van der Waals surface area contributed by atoms with Gasteiger partial charge in [-0.05, 0) is 44.9 Å². The number of carbonyl (C=O) groups excluding carboxylic acids is 1. The normalized spacial score (nSPS) is 12.2. The smallest absolute Gasteiger partial charge is 0.251 e. The highest BCUT2D eigenvalue weighted by atomic mass is 16.5. The van der Waals surface area contributed by atoms with Crippen molar-refractivity contribution in [1.82, 2.24) is 10.5 Å². The number of nitrogens with two attached hydrogens (primary N) is 1. The molecule has 2 aromatic rings. The summed E-state index contributed by atoms with van der Waals surface area (Å²) >= 11 is 0. The fraction of sp³-hybridized carbons (Fsp3) is 0.375. The number of aryl methyl sites for hydroxylation is 2. The Morgan fingerprint density at radius 1 is 1.33 bits per heavy atom. The molecular weight excluding hydrogens is 266 g/mol. The van der Waals surface area contributed by atoms with Crippen molar-refractivity contribution in [2.75, 3.05) is 0 Å². The lowest BCUT2D eigenvalue weighted by atomic mass is 10.0. The lowest BCUT2D eigenvalue weighted by Gasteiger charge is -2.14. The molecule has 1 unspecified atom stereocenters. The Kier molecular flexibility index (Phi) is 4.75. The van der Waals surface area contributed by atoms with Gasteiger partial charge in [-0.1, -0.05) is 17.3 Å². The molecule has 21 heavy (non-hydrogen) atoms. The van der Waals surface area contributed by atoms with E-state index in [9.17, 15) is 4.79 Å². The highest BCUT2D eigenvalue weighted by molar-refractivity contribution is 5.94. The van der Waals surface area contributed by atoms with Gasteiger partial charge in [0, 0.05) is 23.7 Å². The summed E-state index contributed by atoms with van der Waals surface area (Å²) < 4.78 is 5.14. The van der Waals surface area contributed by atoms with Crippen LogP contribution in [0.15, 0.2) is 28.8 Å². The van der Waals surface area contributed by atoms with Gasteiger partial charge in [-0.2, -0.15) is 0 Å². The monoisotopic (exact) mass is 287 g/mol. The van der Waals surface area contributed by atoms with E-state index in [1.54, 1.807) is 12.1 Å². The van der Waals surface area contributed by atoms with Gasteiger partial charge in [0.15, 0.2) is 0 Å². The quantitative estimate of drug-likeness (QED) is 0.882. The van der Waals surface area contributed by atoms with Crippen molar-refractivity contribution in [2.45, 2.75) is 39.8 Å². The van der Waals surface area contributed by atoms with E-state index in [0.29, 0.717) is 18.5 Å². The molecule has 0 saturated carbocycles. The van der Waals surface area contributed by atoms with Gasteiger partial charge in [0.05, 0.1) is 5.69 Å². The first kappa shape index (κ1) is 15.3. The Morgan fingerprint density at radius 3 is 2.52 bits per heavy atom. The lowest BCUT2D eigenvalue weighted by molar-refractivity contribution is 0.0940. The van der Waals surface area contributed by atoms with Crippen LogP contribution in [0.4, 0.5) is 0 Å². The van der Waals surface area contributed by atoms with Crippen molar-refractivity contribution in [2.24, 2.45) is 5.73 Å². The summed E-state index contributed by atoms with van der Waals surface area (Å²) in [6.45, 7) is 6.24. The van der Waals surface area contributed by atoms with E-state index < -0.39 is 0 Å². The highest BCUT2D eigenvalue weighted by Gasteiger charge is 2.15. The van der Waals surface area contributed by atoms with E-state index in [1.165, 1.54) is 0 Å². The number of nitrogens with zero attached hydrogens (tertiary/aromatic N) is 1. The van der Waals surface area contributed by atoms with Gasteiger partial charge in [-0.25, -0.2) is 0 Å². The zero-order chi connectivity index (χ0) is 15.4. The Morgan fingerprint density at radius 2 is 2.00 bits per heavy atom. The number of benzene rings is 1. The zero-order valence-electron chi connectivity index (χ0n) is 12.6. The van der Waals surface area contributed by atoms with Crippen LogP contribution in [-0.4, -0.2) is 17.1 Å². The Balaban J connectivity index is 1.98. The molecule has 5 nitrogen and oxygen atoms in total. The molecule has 0 spiro atoms. The van der Waals surface area contributed by atoms with Crippen LogP contribution in [0.1, 0.15) is 39.9 Å². The zero-order valence-corrected chi connectivity index (χ0v) is 12.6. The molecule has 1 aromatic heterocycles. The Labute approximate surface area is 124 Å². The van der Waals surface area contributed by atoms with Gasteiger partial charge in [-0.3, -0.25) is 4.79 Å². The topological polar surface area (TPSA) is 81.2 Å². The summed E-state index contributed by atoms with van der Waals surface area (Å²) in [6.07, 6.45) is 0.702. The second kappa shape index (κ2) is 6.54. The minimum atomic E-state index is -0.0853. The lowest BCUT2D eigenvalue weighted by Crippen LogP contribution is -2.34.